The number of benzene rings is 1. The molecule has 0 aromatic heterocycles. The molecular weight excluding hydrogens is 264 g/mol. The molecule has 20 heavy (non-hydrogen) atoms. The highest BCUT2D eigenvalue weighted by Crippen LogP contribution is 2.32. The van der Waals surface area contributed by atoms with Crippen molar-refractivity contribution in [3.63, 3.8) is 0 Å². The number of ketones is 1. The zero-order chi connectivity index (χ0) is 15.0. The molecule has 2 aliphatic heterocycles. The number of ether oxygens (including phenoxy) is 4. The van der Waals surface area contributed by atoms with Crippen LogP contribution in [0.2, 0.25) is 0 Å². The monoisotopic (exact) mass is 281 g/mol. The Kier molecular flexibility index (Phi) is 3.47. The summed E-state index contributed by atoms with van der Waals surface area (Å²) < 4.78 is 29.3. The van der Waals surface area contributed by atoms with Crippen LogP contribution in [0, 0.1) is 0 Å². The molecule has 6 nitrogen and oxygen atoms in total. The first-order valence-electron chi connectivity index (χ1n) is 6.81. The first kappa shape index (κ1) is 12.4. The van der Waals surface area contributed by atoms with Crippen LogP contribution in [0.1, 0.15) is 13.2 Å². The third-order valence-corrected chi connectivity index (χ3v) is 3.34. The van der Waals surface area contributed by atoms with Crippen LogP contribution in [0.5, 0.6) is 0 Å². The zero-order valence-electron chi connectivity index (χ0n) is 11.9. The van der Waals surface area contributed by atoms with Crippen molar-refractivity contribution < 1.29 is 30.2 Å². The molecule has 1 aromatic carbocycles. The summed E-state index contributed by atoms with van der Waals surface area (Å²) in [5.41, 5.74) is 0.744. The average molecular weight is 281 g/mol. The van der Waals surface area contributed by atoms with Crippen LogP contribution in [0.3, 0.4) is 0 Å². The molecule has 0 bridgehead atoms. The lowest BCUT2D eigenvalue weighted by Gasteiger charge is -2.42. The van der Waals surface area contributed by atoms with E-state index in [0.29, 0.717) is 0 Å². The van der Waals surface area contributed by atoms with Crippen LogP contribution in [0.25, 0.3) is 0 Å². The van der Waals surface area contributed by atoms with E-state index < -0.39 is 36.7 Å². The Morgan fingerprint density at radius 3 is 2.80 bits per heavy atom. The minimum atomic E-state index is -2.43. The van der Waals surface area contributed by atoms with Gasteiger partial charge in [-0.05, 0) is 0 Å². The van der Waals surface area contributed by atoms with Crippen molar-refractivity contribution in [1.29, 1.82) is 0 Å². The standard InChI is InChI=1S/C14H16O6/c1-17-14-11(16)10(15)12-9(19-14)7-18-13(20-12)8-5-3-2-4-6-8/h2-6,9-10,12-15H,7H2,1H3/t9-,10-,12-,13-,14+/m1/s1/i10D. The molecule has 0 spiro atoms. The fourth-order valence-electron chi connectivity index (χ4n) is 2.31. The first-order chi connectivity index (χ1) is 10.0. The van der Waals surface area contributed by atoms with Crippen molar-refractivity contribution in [2.45, 2.75) is 30.9 Å². The van der Waals surface area contributed by atoms with E-state index in [4.69, 9.17) is 20.3 Å². The van der Waals surface area contributed by atoms with Gasteiger partial charge >= 0.3 is 0 Å². The highest BCUT2D eigenvalue weighted by Gasteiger charge is 2.48. The SMILES string of the molecule is [2H][C@@]1(O)C(=O)[C@@H](OC)O[C@@H]2CO[C@@H](c3ccccc3)O[C@H]21. The number of hydrogen-bond acceptors (Lipinski definition) is 6. The third-order valence-electron chi connectivity index (χ3n) is 3.34. The number of carbonyl (C=O) groups is 1. The number of carbonyl (C=O) groups excluding carboxylic acids is 1. The molecule has 108 valence electrons. The molecule has 6 heteroatoms. The fraction of sp³-hybridized carbons (Fsp3) is 0.500. The number of hydrogen-bond donors (Lipinski definition) is 1. The van der Waals surface area contributed by atoms with Crippen molar-refractivity contribution in [3.05, 3.63) is 35.9 Å². The Balaban J connectivity index is 1.83. The Morgan fingerprint density at radius 2 is 2.10 bits per heavy atom. The zero-order valence-corrected chi connectivity index (χ0v) is 10.9. The predicted molar refractivity (Wildman–Crippen MR) is 66.7 cm³/mol. The second-order valence-electron chi connectivity index (χ2n) is 4.62. The minimum Gasteiger partial charge on any atom is -0.382 e. The second-order valence-corrected chi connectivity index (χ2v) is 4.62. The highest BCUT2D eigenvalue weighted by atomic mass is 16.7. The smallest absolute Gasteiger partial charge is 0.220 e. The lowest BCUT2D eigenvalue weighted by Crippen LogP contribution is -2.60. The molecule has 2 aliphatic rings. The van der Waals surface area contributed by atoms with Gasteiger partial charge in [-0.15, -0.1) is 0 Å². The van der Waals surface area contributed by atoms with E-state index in [9.17, 15) is 9.90 Å². The Hall–Kier alpha value is -1.31. The topological polar surface area (TPSA) is 74.2 Å². The maximum Gasteiger partial charge on any atom is 0.220 e. The third kappa shape index (κ3) is 2.36. The lowest BCUT2D eigenvalue weighted by molar-refractivity contribution is -0.317. The molecule has 2 saturated heterocycles. The van der Waals surface area contributed by atoms with E-state index >= 15 is 0 Å². The van der Waals surface area contributed by atoms with Gasteiger partial charge in [0.2, 0.25) is 12.1 Å². The van der Waals surface area contributed by atoms with Crippen molar-refractivity contribution in [2.75, 3.05) is 13.7 Å². The van der Waals surface area contributed by atoms with Gasteiger partial charge in [0.15, 0.2) is 6.29 Å². The van der Waals surface area contributed by atoms with Gasteiger partial charge in [0.05, 0.1) is 7.98 Å². The Morgan fingerprint density at radius 1 is 1.35 bits per heavy atom. The van der Waals surface area contributed by atoms with Crippen molar-refractivity contribution in [2.24, 2.45) is 0 Å². The largest absolute Gasteiger partial charge is 0.382 e. The number of fused-ring (bicyclic) bond motifs is 1. The summed E-state index contributed by atoms with van der Waals surface area (Å²) in [7, 11) is 1.27. The van der Waals surface area contributed by atoms with Crippen LogP contribution in [-0.2, 0) is 23.7 Å². The van der Waals surface area contributed by atoms with E-state index in [1.165, 1.54) is 7.11 Å². The van der Waals surface area contributed by atoms with Crippen LogP contribution >= 0.6 is 0 Å². The molecule has 1 aromatic rings. The normalized spacial score (nSPS) is 41.9. The summed E-state index contributed by atoms with van der Waals surface area (Å²) in [5.74, 6) is -0.875. The molecule has 3 rings (SSSR count). The molecule has 0 unspecified atom stereocenters. The summed E-state index contributed by atoms with van der Waals surface area (Å²) in [6.45, 7) is 0.0958. The fourth-order valence-corrected chi connectivity index (χ4v) is 2.31. The van der Waals surface area contributed by atoms with Crippen molar-refractivity contribution in [3.8, 4) is 0 Å². The van der Waals surface area contributed by atoms with Gasteiger partial charge in [-0.2, -0.15) is 0 Å². The first-order valence-corrected chi connectivity index (χ1v) is 6.31. The van der Waals surface area contributed by atoms with Crippen LogP contribution in [-0.4, -0.2) is 49.2 Å². The maximum absolute atomic E-state index is 12.0. The molecule has 1 N–H and O–H groups in total. The summed E-state index contributed by atoms with van der Waals surface area (Å²) in [4.78, 5) is 12.0. The van der Waals surface area contributed by atoms with E-state index in [-0.39, 0.29) is 6.61 Å². The number of methoxy groups -OCH3 is 1. The molecule has 0 aliphatic carbocycles. The lowest BCUT2D eigenvalue weighted by atomic mass is 9.99. The van der Waals surface area contributed by atoms with Crippen molar-refractivity contribution >= 4 is 5.78 Å². The maximum atomic E-state index is 12.0. The molecule has 2 fully saturated rings. The molecule has 2 heterocycles. The Bertz CT molecular complexity index is 519. The predicted octanol–water partition coefficient (Wildman–Crippen LogP) is 0.402. The molecule has 0 saturated carbocycles. The molecule has 5 atom stereocenters. The van der Waals surface area contributed by atoms with Gasteiger partial charge in [-0.3, -0.25) is 4.79 Å². The molecule has 0 amide bonds. The van der Waals surface area contributed by atoms with Crippen LogP contribution in [0.15, 0.2) is 30.3 Å². The number of Topliss-reactive ketones (excluding diaryl/α,β-unsaturated/α-hetero) is 1. The van der Waals surface area contributed by atoms with Gasteiger partial charge in [0, 0.05) is 12.7 Å². The average Bonchev–Trinajstić information content (AvgIpc) is 2.52. The van der Waals surface area contributed by atoms with E-state index in [1.807, 2.05) is 18.2 Å². The molecular formula is C14H16O6. The quantitative estimate of drug-likeness (QED) is 0.846. The summed E-state index contributed by atoms with van der Waals surface area (Å²) >= 11 is 0. The van der Waals surface area contributed by atoms with Crippen LogP contribution < -0.4 is 0 Å². The second kappa shape index (κ2) is 5.59. The van der Waals surface area contributed by atoms with Crippen LogP contribution in [0.4, 0.5) is 0 Å². The van der Waals surface area contributed by atoms with Gasteiger partial charge in [-0.1, -0.05) is 30.3 Å². The summed E-state index contributed by atoms with van der Waals surface area (Å²) in [6.07, 6.45) is -6.33. The van der Waals surface area contributed by atoms with Crippen molar-refractivity contribution in [1.82, 2.24) is 0 Å². The Labute approximate surface area is 117 Å². The van der Waals surface area contributed by atoms with Gasteiger partial charge < -0.3 is 24.1 Å². The number of rotatable bonds is 2. The minimum absolute atomic E-state index is 0.0958. The number of aliphatic hydroxyl groups is 1. The van der Waals surface area contributed by atoms with Gasteiger partial charge in [0.25, 0.3) is 0 Å². The highest BCUT2D eigenvalue weighted by molar-refractivity contribution is 5.87. The van der Waals surface area contributed by atoms with E-state index in [1.54, 1.807) is 12.1 Å². The summed E-state index contributed by atoms with van der Waals surface area (Å²) in [5, 5.41) is 10.2. The van der Waals surface area contributed by atoms with E-state index in [2.05, 4.69) is 0 Å². The van der Waals surface area contributed by atoms with E-state index in [0.717, 1.165) is 5.56 Å². The van der Waals surface area contributed by atoms with Gasteiger partial charge in [0.1, 0.15) is 18.3 Å². The molecule has 0 radical (unpaired) electrons. The van der Waals surface area contributed by atoms with Gasteiger partial charge in [-0.25, -0.2) is 0 Å². The summed E-state index contributed by atoms with van der Waals surface area (Å²) in [6, 6.07) is 9.11.